The maximum Gasteiger partial charge on any atom is 0.304 e. The average molecular weight is 355 g/mol. The molecule has 0 bridgehead atoms. The zero-order valence-corrected chi connectivity index (χ0v) is 13.6. The van der Waals surface area contributed by atoms with Gasteiger partial charge in [0.1, 0.15) is 0 Å². The predicted molar refractivity (Wildman–Crippen MR) is 83.5 cm³/mol. The van der Waals surface area contributed by atoms with Crippen molar-refractivity contribution in [1.82, 2.24) is 9.80 Å². The van der Waals surface area contributed by atoms with Gasteiger partial charge < -0.3 is 10.0 Å². The summed E-state index contributed by atoms with van der Waals surface area (Å²) < 4.78 is 0.908. The van der Waals surface area contributed by atoms with Gasteiger partial charge in [0, 0.05) is 42.8 Å². The number of hydrogen-bond acceptors (Lipinski definition) is 3. The number of hydrogen-bond donors (Lipinski definition) is 1. The van der Waals surface area contributed by atoms with Crippen molar-refractivity contribution in [2.45, 2.75) is 13.3 Å². The van der Waals surface area contributed by atoms with Crippen molar-refractivity contribution in [3.63, 3.8) is 0 Å². The van der Waals surface area contributed by atoms with Crippen LogP contribution in [0.3, 0.4) is 0 Å². The molecule has 2 rings (SSSR count). The Labute approximate surface area is 132 Å². The van der Waals surface area contributed by atoms with Crippen molar-refractivity contribution < 1.29 is 14.7 Å². The smallest absolute Gasteiger partial charge is 0.304 e. The van der Waals surface area contributed by atoms with E-state index in [2.05, 4.69) is 20.8 Å². The Morgan fingerprint density at radius 1 is 1.19 bits per heavy atom. The van der Waals surface area contributed by atoms with Crippen molar-refractivity contribution in [2.24, 2.45) is 0 Å². The summed E-state index contributed by atoms with van der Waals surface area (Å²) in [6.07, 6.45) is 0.152. The Morgan fingerprint density at radius 3 is 2.43 bits per heavy atom. The number of aryl methyl sites for hydroxylation is 1. The van der Waals surface area contributed by atoms with E-state index in [1.54, 1.807) is 0 Å². The third-order valence-corrected chi connectivity index (χ3v) is 4.05. The number of carboxylic acids is 1. The van der Waals surface area contributed by atoms with Gasteiger partial charge in [0.2, 0.25) is 0 Å². The summed E-state index contributed by atoms with van der Waals surface area (Å²) in [5.41, 5.74) is 1.74. The Bertz CT molecular complexity index is 519. The molecule has 1 aliphatic heterocycles. The van der Waals surface area contributed by atoms with Crippen LogP contribution < -0.4 is 0 Å². The van der Waals surface area contributed by atoms with Gasteiger partial charge in [-0.25, -0.2) is 0 Å². The third-order valence-electron chi connectivity index (χ3n) is 3.59. The molecular weight excluding hydrogens is 336 g/mol. The highest BCUT2D eigenvalue weighted by Crippen LogP contribution is 2.17. The number of amides is 1. The Kier molecular flexibility index (Phi) is 5.36. The number of halogens is 1. The summed E-state index contributed by atoms with van der Waals surface area (Å²) in [4.78, 5) is 27.0. The molecule has 0 atom stereocenters. The molecule has 1 fully saturated rings. The van der Waals surface area contributed by atoms with E-state index in [9.17, 15) is 9.59 Å². The fourth-order valence-electron chi connectivity index (χ4n) is 2.47. The first-order chi connectivity index (χ1) is 9.95. The van der Waals surface area contributed by atoms with E-state index in [0.29, 0.717) is 25.2 Å². The molecule has 6 heteroatoms. The molecule has 0 radical (unpaired) electrons. The van der Waals surface area contributed by atoms with Crippen molar-refractivity contribution >= 4 is 27.8 Å². The lowest BCUT2D eigenvalue weighted by molar-refractivity contribution is -0.137. The van der Waals surface area contributed by atoms with Crippen molar-refractivity contribution in [2.75, 3.05) is 32.7 Å². The molecule has 1 saturated heterocycles. The van der Waals surface area contributed by atoms with Gasteiger partial charge in [0.15, 0.2) is 0 Å². The van der Waals surface area contributed by atoms with Crippen LogP contribution in [0.2, 0.25) is 0 Å². The van der Waals surface area contributed by atoms with Gasteiger partial charge in [-0.15, -0.1) is 0 Å². The molecular formula is C15H19BrN2O3. The molecule has 0 spiro atoms. The minimum atomic E-state index is -0.780. The van der Waals surface area contributed by atoms with Crippen LogP contribution in [-0.4, -0.2) is 59.5 Å². The van der Waals surface area contributed by atoms with Gasteiger partial charge in [-0.3, -0.25) is 14.5 Å². The summed E-state index contributed by atoms with van der Waals surface area (Å²) in [5, 5.41) is 8.69. The van der Waals surface area contributed by atoms with Crippen LogP contribution in [0.1, 0.15) is 22.3 Å². The first kappa shape index (κ1) is 16.0. The van der Waals surface area contributed by atoms with E-state index in [-0.39, 0.29) is 12.3 Å². The third kappa shape index (κ3) is 4.54. The second-order valence-electron chi connectivity index (χ2n) is 5.29. The fraction of sp³-hybridized carbons (Fsp3) is 0.467. The van der Waals surface area contributed by atoms with E-state index < -0.39 is 5.97 Å². The van der Waals surface area contributed by atoms with Crippen LogP contribution in [-0.2, 0) is 4.79 Å². The molecule has 1 aromatic carbocycles. The zero-order valence-electron chi connectivity index (χ0n) is 12.0. The predicted octanol–water partition coefficient (Wildman–Crippen LogP) is 1.99. The quantitative estimate of drug-likeness (QED) is 0.898. The summed E-state index contributed by atoms with van der Waals surface area (Å²) >= 11 is 3.41. The van der Waals surface area contributed by atoms with E-state index in [0.717, 1.165) is 23.1 Å². The van der Waals surface area contributed by atoms with E-state index in [1.807, 2.05) is 30.0 Å². The number of nitrogens with zero attached hydrogens (tertiary/aromatic N) is 2. The number of carbonyl (C=O) groups excluding carboxylic acids is 1. The Hall–Kier alpha value is -1.40. The van der Waals surface area contributed by atoms with Crippen LogP contribution in [0.25, 0.3) is 0 Å². The van der Waals surface area contributed by atoms with Gasteiger partial charge in [-0.05, 0) is 30.7 Å². The minimum absolute atomic E-state index is 0.0392. The van der Waals surface area contributed by atoms with Crippen LogP contribution in [0, 0.1) is 6.92 Å². The maximum atomic E-state index is 12.5. The highest BCUT2D eigenvalue weighted by Gasteiger charge is 2.22. The van der Waals surface area contributed by atoms with E-state index in [4.69, 9.17) is 5.11 Å². The molecule has 1 heterocycles. The first-order valence-electron chi connectivity index (χ1n) is 6.96. The van der Waals surface area contributed by atoms with Gasteiger partial charge in [0.25, 0.3) is 5.91 Å². The van der Waals surface area contributed by atoms with E-state index >= 15 is 0 Å². The van der Waals surface area contributed by atoms with Gasteiger partial charge in [-0.1, -0.05) is 15.9 Å². The Morgan fingerprint density at radius 2 is 1.86 bits per heavy atom. The molecule has 1 aliphatic rings. The molecule has 114 valence electrons. The molecule has 0 unspecified atom stereocenters. The average Bonchev–Trinajstić information content (AvgIpc) is 2.44. The molecule has 5 nitrogen and oxygen atoms in total. The molecule has 0 aromatic heterocycles. The summed E-state index contributed by atoms with van der Waals surface area (Å²) in [6.45, 7) is 5.25. The highest BCUT2D eigenvalue weighted by atomic mass is 79.9. The molecule has 1 aromatic rings. The number of carbonyl (C=O) groups is 2. The van der Waals surface area contributed by atoms with Crippen molar-refractivity contribution in [3.8, 4) is 0 Å². The topological polar surface area (TPSA) is 60.9 Å². The number of rotatable bonds is 4. The van der Waals surface area contributed by atoms with E-state index in [1.165, 1.54) is 0 Å². The molecule has 0 aliphatic carbocycles. The van der Waals surface area contributed by atoms with Crippen molar-refractivity contribution in [1.29, 1.82) is 0 Å². The zero-order chi connectivity index (χ0) is 15.4. The largest absolute Gasteiger partial charge is 0.481 e. The van der Waals surface area contributed by atoms with Gasteiger partial charge in [-0.2, -0.15) is 0 Å². The summed E-state index contributed by atoms with van der Waals surface area (Å²) in [7, 11) is 0. The Balaban J connectivity index is 1.92. The lowest BCUT2D eigenvalue weighted by Gasteiger charge is -2.34. The van der Waals surface area contributed by atoms with Crippen molar-refractivity contribution in [3.05, 3.63) is 33.8 Å². The van der Waals surface area contributed by atoms with Crippen LogP contribution in [0.5, 0.6) is 0 Å². The molecule has 0 saturated carbocycles. The number of carboxylic acid groups (broad SMARTS) is 1. The van der Waals surface area contributed by atoms with Crippen LogP contribution >= 0.6 is 15.9 Å². The SMILES string of the molecule is Cc1cc(Br)cc(C(=O)N2CCN(CCC(=O)O)CC2)c1. The second kappa shape index (κ2) is 7.04. The first-order valence-corrected chi connectivity index (χ1v) is 7.75. The normalized spacial score (nSPS) is 16.0. The van der Waals surface area contributed by atoms with Gasteiger partial charge >= 0.3 is 5.97 Å². The van der Waals surface area contributed by atoms with Crippen LogP contribution in [0.4, 0.5) is 0 Å². The second-order valence-corrected chi connectivity index (χ2v) is 6.21. The molecule has 1 amide bonds. The molecule has 21 heavy (non-hydrogen) atoms. The highest BCUT2D eigenvalue weighted by molar-refractivity contribution is 9.10. The van der Waals surface area contributed by atoms with Gasteiger partial charge in [0.05, 0.1) is 6.42 Å². The lowest BCUT2D eigenvalue weighted by atomic mass is 10.1. The standard InChI is InChI=1S/C15H19BrN2O3/c1-11-8-12(10-13(16)9-11)15(21)18-6-4-17(5-7-18)3-2-14(19)20/h8-10H,2-7H2,1H3,(H,19,20). The number of aliphatic carboxylic acids is 1. The maximum absolute atomic E-state index is 12.5. The fourth-order valence-corrected chi connectivity index (χ4v) is 3.08. The minimum Gasteiger partial charge on any atom is -0.481 e. The summed E-state index contributed by atoms with van der Waals surface area (Å²) in [6, 6.07) is 5.71. The number of piperazine rings is 1. The van der Waals surface area contributed by atoms with Crippen LogP contribution in [0.15, 0.2) is 22.7 Å². The molecule has 1 N–H and O–H groups in total. The monoisotopic (exact) mass is 354 g/mol. The lowest BCUT2D eigenvalue weighted by Crippen LogP contribution is -2.49. The summed E-state index contributed by atoms with van der Waals surface area (Å²) in [5.74, 6) is -0.740. The number of benzene rings is 1.